The van der Waals surface area contributed by atoms with Crippen LogP contribution in [-0.4, -0.2) is 36.0 Å². The molecule has 1 aliphatic rings. The third-order valence-electron chi connectivity index (χ3n) is 5.54. The Bertz CT molecular complexity index is 983. The maximum absolute atomic E-state index is 12.9. The van der Waals surface area contributed by atoms with Gasteiger partial charge < -0.3 is 9.64 Å². The van der Waals surface area contributed by atoms with Gasteiger partial charge in [0.1, 0.15) is 5.75 Å². The van der Waals surface area contributed by atoms with Crippen molar-refractivity contribution < 1.29 is 9.53 Å². The molecule has 0 bridgehead atoms. The maximum Gasteiger partial charge on any atom is 0.253 e. The summed E-state index contributed by atoms with van der Waals surface area (Å²) in [5, 5.41) is 0. The lowest BCUT2D eigenvalue weighted by atomic mass is 9.92. The fraction of sp³-hybridized carbons (Fsp3) is 0.280. The molecule has 148 valence electrons. The van der Waals surface area contributed by atoms with E-state index in [1.807, 2.05) is 54.3 Å². The van der Waals surface area contributed by atoms with E-state index in [0.717, 1.165) is 53.2 Å². The van der Waals surface area contributed by atoms with E-state index in [2.05, 4.69) is 24.3 Å². The molecule has 0 aliphatic carbocycles. The first-order chi connectivity index (χ1) is 14.1. The van der Waals surface area contributed by atoms with Gasteiger partial charge in [-0.1, -0.05) is 30.3 Å². The van der Waals surface area contributed by atoms with Gasteiger partial charge in [0.2, 0.25) is 0 Å². The summed E-state index contributed by atoms with van der Waals surface area (Å²) >= 11 is 0. The zero-order valence-corrected chi connectivity index (χ0v) is 17.0. The minimum absolute atomic E-state index is 0.110. The van der Waals surface area contributed by atoms with E-state index in [0.29, 0.717) is 6.54 Å². The normalized spacial score (nSPS) is 16.5. The van der Waals surface area contributed by atoms with Crippen molar-refractivity contribution in [1.29, 1.82) is 0 Å². The van der Waals surface area contributed by atoms with Gasteiger partial charge in [-0.25, -0.2) is 0 Å². The molecule has 1 saturated heterocycles. The second-order valence-electron chi connectivity index (χ2n) is 7.61. The molecule has 29 heavy (non-hydrogen) atoms. The number of piperidine rings is 1. The first-order valence-electron chi connectivity index (χ1n) is 10.1. The zero-order chi connectivity index (χ0) is 20.2. The SMILES string of the molecule is COc1ccc(-c2cc(C)nc([C@@H]3CCCN(C(=O)c4ccccc4)C3)c2)cc1. The van der Waals surface area contributed by atoms with E-state index in [-0.39, 0.29) is 11.8 Å². The van der Waals surface area contributed by atoms with Gasteiger partial charge in [0, 0.05) is 36.0 Å². The summed E-state index contributed by atoms with van der Waals surface area (Å²) in [6.45, 7) is 3.56. The van der Waals surface area contributed by atoms with Crippen LogP contribution in [-0.2, 0) is 0 Å². The van der Waals surface area contributed by atoms with E-state index in [1.165, 1.54) is 0 Å². The number of pyridine rings is 1. The number of rotatable bonds is 4. The van der Waals surface area contributed by atoms with Crippen LogP contribution in [0.15, 0.2) is 66.7 Å². The molecule has 0 saturated carbocycles. The van der Waals surface area contributed by atoms with Crippen LogP contribution < -0.4 is 4.74 Å². The lowest BCUT2D eigenvalue weighted by Gasteiger charge is -2.33. The van der Waals surface area contributed by atoms with Crippen molar-refractivity contribution in [3.05, 3.63) is 83.7 Å². The third-order valence-corrected chi connectivity index (χ3v) is 5.54. The number of ether oxygens (including phenoxy) is 1. The number of carbonyl (C=O) groups excluding carboxylic acids is 1. The molecule has 0 unspecified atom stereocenters. The van der Waals surface area contributed by atoms with Crippen LogP contribution in [0.3, 0.4) is 0 Å². The molecule has 3 aromatic rings. The van der Waals surface area contributed by atoms with Gasteiger partial charge in [-0.3, -0.25) is 9.78 Å². The predicted molar refractivity (Wildman–Crippen MR) is 115 cm³/mol. The Morgan fingerprint density at radius 1 is 1.03 bits per heavy atom. The highest BCUT2D eigenvalue weighted by atomic mass is 16.5. The smallest absolute Gasteiger partial charge is 0.253 e. The Kier molecular flexibility index (Phi) is 5.61. The van der Waals surface area contributed by atoms with Crippen LogP contribution >= 0.6 is 0 Å². The van der Waals surface area contributed by atoms with Gasteiger partial charge in [-0.05, 0) is 67.3 Å². The van der Waals surface area contributed by atoms with Crippen molar-refractivity contribution in [2.24, 2.45) is 0 Å². The molecule has 2 aromatic carbocycles. The summed E-state index contributed by atoms with van der Waals surface area (Å²) in [5.74, 6) is 1.22. The first-order valence-corrected chi connectivity index (χ1v) is 10.1. The molecule has 1 aliphatic heterocycles. The summed E-state index contributed by atoms with van der Waals surface area (Å²) in [6.07, 6.45) is 2.05. The quantitative estimate of drug-likeness (QED) is 0.627. The molecule has 1 amide bonds. The number of hydrogen-bond donors (Lipinski definition) is 0. The van der Waals surface area contributed by atoms with E-state index in [9.17, 15) is 4.79 Å². The molecule has 1 atom stereocenters. The Morgan fingerprint density at radius 3 is 2.52 bits per heavy atom. The van der Waals surface area contributed by atoms with Crippen molar-refractivity contribution in [3.63, 3.8) is 0 Å². The molecule has 0 spiro atoms. The first kappa shape index (κ1) is 19.2. The molecule has 1 aromatic heterocycles. The molecule has 1 fully saturated rings. The Hall–Kier alpha value is -3.14. The number of carbonyl (C=O) groups is 1. The third kappa shape index (κ3) is 4.32. The standard InChI is InChI=1S/C25H26N2O2/c1-18-15-22(19-10-12-23(29-2)13-11-19)16-24(26-18)21-9-6-14-27(17-21)25(28)20-7-4-3-5-8-20/h3-5,7-8,10-13,15-16,21H,6,9,14,17H2,1-2H3/t21-/m1/s1. The van der Waals surface area contributed by atoms with Crippen LogP contribution in [0.5, 0.6) is 5.75 Å². The van der Waals surface area contributed by atoms with Crippen LogP contribution in [0.1, 0.15) is 40.5 Å². The van der Waals surface area contributed by atoms with Gasteiger partial charge in [-0.15, -0.1) is 0 Å². The average Bonchev–Trinajstić information content (AvgIpc) is 2.79. The summed E-state index contributed by atoms with van der Waals surface area (Å²) in [5.41, 5.74) is 5.12. The molecule has 0 N–H and O–H groups in total. The predicted octanol–water partition coefficient (Wildman–Crippen LogP) is 5.09. The molecular weight excluding hydrogens is 360 g/mol. The number of methoxy groups -OCH3 is 1. The Morgan fingerprint density at radius 2 is 1.79 bits per heavy atom. The van der Waals surface area contributed by atoms with Gasteiger partial charge >= 0.3 is 0 Å². The number of benzene rings is 2. The van der Waals surface area contributed by atoms with Crippen LogP contribution in [0.2, 0.25) is 0 Å². The van der Waals surface area contributed by atoms with Crippen LogP contribution in [0.4, 0.5) is 0 Å². The van der Waals surface area contributed by atoms with Crippen molar-refractivity contribution in [2.45, 2.75) is 25.7 Å². The average molecular weight is 386 g/mol. The summed E-state index contributed by atoms with van der Waals surface area (Å²) < 4.78 is 5.27. The molecular formula is C25H26N2O2. The fourth-order valence-corrected chi connectivity index (χ4v) is 4.02. The van der Waals surface area contributed by atoms with E-state index in [1.54, 1.807) is 7.11 Å². The van der Waals surface area contributed by atoms with Gasteiger partial charge in [0.05, 0.1) is 7.11 Å². The number of amides is 1. The molecule has 0 radical (unpaired) electrons. The van der Waals surface area contributed by atoms with Crippen molar-refractivity contribution in [1.82, 2.24) is 9.88 Å². The van der Waals surface area contributed by atoms with Crippen molar-refractivity contribution in [2.75, 3.05) is 20.2 Å². The minimum atomic E-state index is 0.110. The van der Waals surface area contributed by atoms with Gasteiger partial charge in [0.15, 0.2) is 0 Å². The number of hydrogen-bond acceptors (Lipinski definition) is 3. The number of likely N-dealkylation sites (tertiary alicyclic amines) is 1. The second-order valence-corrected chi connectivity index (χ2v) is 7.61. The van der Waals surface area contributed by atoms with Gasteiger partial charge in [0.25, 0.3) is 5.91 Å². The zero-order valence-electron chi connectivity index (χ0n) is 17.0. The molecule has 4 nitrogen and oxygen atoms in total. The highest BCUT2D eigenvalue weighted by Gasteiger charge is 2.26. The van der Waals surface area contributed by atoms with Crippen molar-refractivity contribution >= 4 is 5.91 Å². The van der Waals surface area contributed by atoms with E-state index < -0.39 is 0 Å². The van der Waals surface area contributed by atoms with Crippen LogP contribution in [0, 0.1) is 6.92 Å². The lowest BCUT2D eigenvalue weighted by molar-refractivity contribution is 0.0706. The molecule has 4 rings (SSSR count). The monoisotopic (exact) mass is 386 g/mol. The Labute approximate surface area is 172 Å². The Balaban J connectivity index is 1.57. The largest absolute Gasteiger partial charge is 0.497 e. The fourth-order valence-electron chi connectivity index (χ4n) is 4.02. The maximum atomic E-state index is 12.9. The van der Waals surface area contributed by atoms with Crippen molar-refractivity contribution in [3.8, 4) is 16.9 Å². The molecule has 2 heterocycles. The highest BCUT2D eigenvalue weighted by molar-refractivity contribution is 5.94. The van der Waals surface area contributed by atoms with E-state index >= 15 is 0 Å². The van der Waals surface area contributed by atoms with E-state index in [4.69, 9.17) is 9.72 Å². The topological polar surface area (TPSA) is 42.4 Å². The highest BCUT2D eigenvalue weighted by Crippen LogP contribution is 2.30. The number of aryl methyl sites for hydroxylation is 1. The summed E-state index contributed by atoms with van der Waals surface area (Å²) in [4.78, 5) is 19.7. The van der Waals surface area contributed by atoms with Gasteiger partial charge in [-0.2, -0.15) is 0 Å². The number of nitrogens with zero attached hydrogens (tertiary/aromatic N) is 2. The minimum Gasteiger partial charge on any atom is -0.497 e. The summed E-state index contributed by atoms with van der Waals surface area (Å²) in [7, 11) is 1.68. The lowest BCUT2D eigenvalue weighted by Crippen LogP contribution is -2.39. The number of aromatic nitrogens is 1. The van der Waals surface area contributed by atoms with Crippen LogP contribution in [0.25, 0.3) is 11.1 Å². The second kappa shape index (κ2) is 8.48. The molecule has 4 heteroatoms. The summed E-state index contributed by atoms with van der Waals surface area (Å²) in [6, 6.07) is 21.9.